The molecule has 3 N–H and O–H groups in total. The standard InChI is InChI=1S/C19H20N2O2S/c1-11-8-12(2)16-15(9-11)24-18(17(16)20)19(22)21-10-13-4-6-14(23-3)7-5-13/h4-9H,10,20H2,1-3H3,(H,21,22). The normalized spacial score (nSPS) is 10.8. The Morgan fingerprint density at radius 1 is 1.21 bits per heavy atom. The smallest absolute Gasteiger partial charge is 0.263 e. The molecule has 24 heavy (non-hydrogen) atoms. The van der Waals surface area contributed by atoms with Crippen LogP contribution in [-0.2, 0) is 6.54 Å². The Balaban J connectivity index is 1.80. The molecule has 0 atom stereocenters. The largest absolute Gasteiger partial charge is 0.497 e. The van der Waals surface area contributed by atoms with E-state index in [1.807, 2.05) is 38.1 Å². The quantitative estimate of drug-likeness (QED) is 0.753. The Hall–Kier alpha value is -2.53. The zero-order valence-corrected chi connectivity index (χ0v) is 14.8. The van der Waals surface area contributed by atoms with E-state index in [4.69, 9.17) is 10.5 Å². The molecule has 2 aromatic carbocycles. The lowest BCUT2D eigenvalue weighted by Crippen LogP contribution is -2.22. The summed E-state index contributed by atoms with van der Waals surface area (Å²) in [5.41, 5.74) is 10.1. The molecule has 0 spiro atoms. The Bertz CT molecular complexity index is 898. The van der Waals surface area contributed by atoms with Gasteiger partial charge >= 0.3 is 0 Å². The predicted octanol–water partition coefficient (Wildman–Crippen LogP) is 4.04. The van der Waals surface area contributed by atoms with Gasteiger partial charge in [-0.1, -0.05) is 18.2 Å². The van der Waals surface area contributed by atoms with Crippen molar-refractivity contribution in [2.75, 3.05) is 12.8 Å². The molecule has 3 aromatic rings. The maximum atomic E-state index is 12.5. The Morgan fingerprint density at radius 3 is 2.58 bits per heavy atom. The molecule has 3 rings (SSSR count). The average Bonchev–Trinajstić information content (AvgIpc) is 2.90. The topological polar surface area (TPSA) is 64.3 Å². The summed E-state index contributed by atoms with van der Waals surface area (Å²) >= 11 is 1.44. The van der Waals surface area contributed by atoms with Crippen LogP contribution in [0, 0.1) is 13.8 Å². The van der Waals surface area contributed by atoms with Crippen LogP contribution in [0.5, 0.6) is 5.75 Å². The summed E-state index contributed by atoms with van der Waals surface area (Å²) in [7, 11) is 1.63. The third-order valence-corrected chi connectivity index (χ3v) is 5.14. The van der Waals surface area contributed by atoms with Gasteiger partial charge in [-0.15, -0.1) is 11.3 Å². The van der Waals surface area contributed by atoms with Crippen molar-refractivity contribution in [3.8, 4) is 5.75 Å². The van der Waals surface area contributed by atoms with Crippen LogP contribution < -0.4 is 15.8 Å². The number of carbonyl (C=O) groups excluding carboxylic acids is 1. The zero-order chi connectivity index (χ0) is 17.3. The summed E-state index contributed by atoms with van der Waals surface area (Å²) in [5, 5.41) is 3.93. The molecule has 0 fully saturated rings. The Kier molecular flexibility index (Phi) is 4.44. The highest BCUT2D eigenvalue weighted by Crippen LogP contribution is 2.36. The van der Waals surface area contributed by atoms with Crippen molar-refractivity contribution in [2.45, 2.75) is 20.4 Å². The fourth-order valence-corrected chi connectivity index (χ4v) is 4.02. The highest BCUT2D eigenvalue weighted by molar-refractivity contribution is 7.21. The van der Waals surface area contributed by atoms with Crippen LogP contribution in [0.4, 0.5) is 5.69 Å². The number of nitrogen functional groups attached to an aromatic ring is 1. The average molecular weight is 340 g/mol. The van der Waals surface area contributed by atoms with Gasteiger partial charge in [0.25, 0.3) is 5.91 Å². The van der Waals surface area contributed by atoms with Crippen LogP contribution in [0.1, 0.15) is 26.4 Å². The first-order chi connectivity index (χ1) is 11.5. The second-order valence-electron chi connectivity index (χ2n) is 5.83. The van der Waals surface area contributed by atoms with E-state index in [9.17, 15) is 4.79 Å². The number of fused-ring (bicyclic) bond motifs is 1. The van der Waals surface area contributed by atoms with Crippen molar-refractivity contribution in [3.05, 3.63) is 58.0 Å². The first-order valence-electron chi connectivity index (χ1n) is 7.70. The second kappa shape index (κ2) is 6.53. The second-order valence-corrected chi connectivity index (χ2v) is 6.88. The van der Waals surface area contributed by atoms with Gasteiger partial charge in [-0.2, -0.15) is 0 Å². The summed E-state index contributed by atoms with van der Waals surface area (Å²) in [6.07, 6.45) is 0. The molecule has 124 valence electrons. The number of carbonyl (C=O) groups is 1. The maximum absolute atomic E-state index is 12.5. The van der Waals surface area contributed by atoms with Crippen LogP contribution in [0.15, 0.2) is 36.4 Å². The number of benzene rings is 2. The number of amides is 1. The highest BCUT2D eigenvalue weighted by atomic mass is 32.1. The maximum Gasteiger partial charge on any atom is 0.263 e. The molecule has 1 heterocycles. The van der Waals surface area contributed by atoms with Gasteiger partial charge in [-0.25, -0.2) is 0 Å². The van der Waals surface area contributed by atoms with Crippen molar-refractivity contribution < 1.29 is 9.53 Å². The lowest BCUT2D eigenvalue weighted by atomic mass is 10.1. The minimum absolute atomic E-state index is 0.137. The Morgan fingerprint density at radius 2 is 1.92 bits per heavy atom. The van der Waals surface area contributed by atoms with Gasteiger partial charge in [0.15, 0.2) is 0 Å². The van der Waals surface area contributed by atoms with Crippen molar-refractivity contribution in [1.29, 1.82) is 0 Å². The minimum Gasteiger partial charge on any atom is -0.497 e. The van der Waals surface area contributed by atoms with Gasteiger partial charge in [0, 0.05) is 16.6 Å². The van der Waals surface area contributed by atoms with Gasteiger partial charge in [0.05, 0.1) is 12.8 Å². The van der Waals surface area contributed by atoms with Gasteiger partial charge in [-0.05, 0) is 48.7 Å². The van der Waals surface area contributed by atoms with Crippen LogP contribution in [0.25, 0.3) is 10.1 Å². The van der Waals surface area contributed by atoms with E-state index in [1.54, 1.807) is 7.11 Å². The summed E-state index contributed by atoms with van der Waals surface area (Å²) in [4.78, 5) is 13.1. The third-order valence-electron chi connectivity index (χ3n) is 3.99. The van der Waals surface area contributed by atoms with E-state index in [2.05, 4.69) is 17.4 Å². The van der Waals surface area contributed by atoms with Gasteiger partial charge in [0.2, 0.25) is 0 Å². The fraction of sp³-hybridized carbons (Fsp3) is 0.211. The van der Waals surface area contributed by atoms with E-state index in [0.717, 1.165) is 27.0 Å². The first kappa shape index (κ1) is 16.3. The number of nitrogens with one attached hydrogen (secondary N) is 1. The number of methoxy groups -OCH3 is 1. The minimum atomic E-state index is -0.137. The number of aryl methyl sites for hydroxylation is 2. The van der Waals surface area contributed by atoms with Crippen molar-refractivity contribution in [2.24, 2.45) is 0 Å². The third kappa shape index (κ3) is 3.08. The molecule has 0 unspecified atom stereocenters. The van der Waals surface area contributed by atoms with E-state index in [0.29, 0.717) is 17.1 Å². The van der Waals surface area contributed by atoms with E-state index in [1.165, 1.54) is 16.9 Å². The van der Waals surface area contributed by atoms with Crippen LogP contribution in [-0.4, -0.2) is 13.0 Å². The molecule has 0 saturated heterocycles. The number of rotatable bonds is 4. The predicted molar refractivity (Wildman–Crippen MR) is 99.9 cm³/mol. The van der Waals surface area contributed by atoms with Crippen molar-refractivity contribution in [3.63, 3.8) is 0 Å². The molecule has 0 aliphatic heterocycles. The Labute approximate surface area is 145 Å². The van der Waals surface area contributed by atoms with Crippen LogP contribution in [0.2, 0.25) is 0 Å². The molecular weight excluding hydrogens is 320 g/mol. The molecule has 4 nitrogen and oxygen atoms in total. The lowest BCUT2D eigenvalue weighted by Gasteiger charge is -2.06. The molecule has 0 saturated carbocycles. The number of ether oxygens (including phenoxy) is 1. The highest BCUT2D eigenvalue weighted by Gasteiger charge is 2.17. The first-order valence-corrected chi connectivity index (χ1v) is 8.51. The van der Waals surface area contributed by atoms with Gasteiger partial charge < -0.3 is 15.8 Å². The molecule has 1 amide bonds. The number of nitrogens with two attached hydrogens (primary N) is 1. The molecule has 0 aliphatic carbocycles. The summed E-state index contributed by atoms with van der Waals surface area (Å²) in [6, 6.07) is 11.8. The van der Waals surface area contributed by atoms with E-state index >= 15 is 0 Å². The summed E-state index contributed by atoms with van der Waals surface area (Å²) in [5.74, 6) is 0.659. The summed E-state index contributed by atoms with van der Waals surface area (Å²) < 4.78 is 6.19. The zero-order valence-electron chi connectivity index (χ0n) is 14.0. The molecule has 1 aromatic heterocycles. The van der Waals surface area contributed by atoms with Crippen LogP contribution >= 0.6 is 11.3 Å². The SMILES string of the molecule is COc1ccc(CNC(=O)c2sc3cc(C)cc(C)c3c2N)cc1. The molecule has 0 bridgehead atoms. The monoisotopic (exact) mass is 340 g/mol. The molecule has 0 radical (unpaired) electrons. The molecule has 5 heteroatoms. The number of hydrogen-bond donors (Lipinski definition) is 2. The lowest BCUT2D eigenvalue weighted by molar-refractivity contribution is 0.0956. The summed E-state index contributed by atoms with van der Waals surface area (Å²) in [6.45, 7) is 4.53. The molecule has 0 aliphatic rings. The van der Waals surface area contributed by atoms with Gasteiger partial charge in [-0.3, -0.25) is 4.79 Å². The van der Waals surface area contributed by atoms with Crippen molar-refractivity contribution >= 4 is 33.0 Å². The van der Waals surface area contributed by atoms with Crippen LogP contribution in [0.3, 0.4) is 0 Å². The number of anilines is 1. The number of thiophene rings is 1. The fourth-order valence-electron chi connectivity index (χ4n) is 2.81. The van der Waals surface area contributed by atoms with E-state index < -0.39 is 0 Å². The molecular formula is C19H20N2O2S. The van der Waals surface area contributed by atoms with Gasteiger partial charge in [0.1, 0.15) is 10.6 Å². The number of hydrogen-bond acceptors (Lipinski definition) is 4. The van der Waals surface area contributed by atoms with Crippen molar-refractivity contribution in [1.82, 2.24) is 5.32 Å². The van der Waals surface area contributed by atoms with E-state index in [-0.39, 0.29) is 5.91 Å².